The maximum absolute atomic E-state index is 13.7. The van der Waals surface area contributed by atoms with Gasteiger partial charge in [0.2, 0.25) is 5.91 Å². The molecule has 1 aromatic heterocycles. The van der Waals surface area contributed by atoms with E-state index in [1.54, 1.807) is 6.07 Å². The molecule has 2 rings (SSSR count). The smallest absolute Gasteiger partial charge is 0.268 e. The van der Waals surface area contributed by atoms with Crippen LogP contribution < -0.4 is 16.1 Å². The van der Waals surface area contributed by atoms with Gasteiger partial charge in [0.05, 0.1) is 0 Å². The number of hydrogen-bond donors (Lipinski definition) is 7. The number of hydrogen-bond acceptors (Lipinski definition) is 4. The van der Waals surface area contributed by atoms with Gasteiger partial charge in [-0.3, -0.25) is 29.8 Å². The first-order valence-electron chi connectivity index (χ1n) is 10.2. The molecule has 184 valence electrons. The highest BCUT2D eigenvalue weighted by molar-refractivity contribution is 5.98. The van der Waals surface area contributed by atoms with E-state index >= 15 is 0 Å². The van der Waals surface area contributed by atoms with Gasteiger partial charge < -0.3 is 10.6 Å². The fraction of sp³-hybridized carbons (Fsp3) is 0.261. The second-order valence-electron chi connectivity index (χ2n) is 7.53. The van der Waals surface area contributed by atoms with Crippen LogP contribution in [0.2, 0.25) is 0 Å². The highest BCUT2D eigenvalue weighted by atomic mass is 19.3. The molecule has 7 N–H and O–H groups in total. The van der Waals surface area contributed by atoms with Gasteiger partial charge in [-0.15, -0.1) is 0 Å². The van der Waals surface area contributed by atoms with E-state index in [0.29, 0.717) is 11.3 Å². The van der Waals surface area contributed by atoms with Crippen LogP contribution in [0.25, 0.3) is 0 Å². The highest BCUT2D eigenvalue weighted by Gasteiger charge is 2.48. The molecule has 0 aliphatic carbocycles. The van der Waals surface area contributed by atoms with Crippen LogP contribution in [-0.4, -0.2) is 56.3 Å². The number of rotatable bonds is 6. The molecule has 1 heterocycles. The summed E-state index contributed by atoms with van der Waals surface area (Å²) >= 11 is 0. The molecule has 2 unspecified atom stereocenters. The lowest BCUT2D eigenvalue weighted by Gasteiger charge is -2.36. The van der Waals surface area contributed by atoms with Crippen LogP contribution in [0, 0.1) is 30.6 Å². The molecule has 0 spiro atoms. The maximum atomic E-state index is 13.7. The number of alkyl halides is 2. The highest BCUT2D eigenvalue weighted by Crippen LogP contribution is 2.21. The van der Waals surface area contributed by atoms with Crippen molar-refractivity contribution in [3.05, 3.63) is 58.9 Å². The molecule has 0 saturated heterocycles. The summed E-state index contributed by atoms with van der Waals surface area (Å²) in [6, 6.07) is 7.36. The third kappa shape index (κ3) is 7.48. The largest absolute Gasteiger partial charge is 0.343 e. The predicted molar refractivity (Wildman–Crippen MR) is 121 cm³/mol. The number of carbonyl (C=O) groups excluding carboxylic acids is 3. The van der Waals surface area contributed by atoms with Crippen molar-refractivity contribution in [2.24, 2.45) is 0 Å². The summed E-state index contributed by atoms with van der Waals surface area (Å²) in [6.45, 7) is 3.73. The number of aromatic amines is 3. The average molecular weight is 486 g/mol. The van der Waals surface area contributed by atoms with Crippen molar-refractivity contribution in [3.8, 4) is 23.7 Å². The van der Waals surface area contributed by atoms with Crippen LogP contribution in [-0.2, 0) is 9.59 Å². The van der Waals surface area contributed by atoms with Gasteiger partial charge in [0.15, 0.2) is 0 Å². The van der Waals surface area contributed by atoms with Gasteiger partial charge in [-0.1, -0.05) is 5.92 Å². The second kappa shape index (κ2) is 12.1. The monoisotopic (exact) mass is 486 g/mol. The molecule has 1 aromatic carbocycles. The SMILES string of the molecule is CC(=O)NC(C)(C(F)F)C(NC(=O)c1ccc(C#CC#Cc2ccc(C)[nH][nH][nH]2)cc1)C(=O)NO. The molecular formula is C23H24F2N6O4. The number of carbonyl (C=O) groups is 3. The van der Waals surface area contributed by atoms with E-state index in [0.717, 1.165) is 19.5 Å². The Morgan fingerprint density at radius 1 is 1.03 bits per heavy atom. The van der Waals surface area contributed by atoms with Gasteiger partial charge in [0, 0.05) is 23.7 Å². The van der Waals surface area contributed by atoms with Crippen LogP contribution in [0.5, 0.6) is 0 Å². The van der Waals surface area contributed by atoms with Crippen molar-refractivity contribution in [1.82, 2.24) is 31.5 Å². The fourth-order valence-corrected chi connectivity index (χ4v) is 2.87. The molecule has 0 bridgehead atoms. The summed E-state index contributed by atoms with van der Waals surface area (Å²) in [7, 11) is 0. The molecule has 12 heteroatoms. The van der Waals surface area contributed by atoms with Gasteiger partial charge >= 0.3 is 0 Å². The number of aryl methyl sites for hydroxylation is 1. The molecule has 0 radical (unpaired) electrons. The van der Waals surface area contributed by atoms with Crippen molar-refractivity contribution in [3.63, 3.8) is 0 Å². The number of nitrogens with one attached hydrogen (secondary N) is 6. The number of hydroxylamine groups is 1. The first kappa shape index (κ1) is 26.7. The Hall–Kier alpha value is -4.55. The topological polar surface area (TPSA) is 155 Å². The van der Waals surface area contributed by atoms with E-state index in [1.165, 1.54) is 29.7 Å². The Bertz CT molecular complexity index is 1240. The first-order valence-corrected chi connectivity index (χ1v) is 10.2. The lowest BCUT2D eigenvalue weighted by Crippen LogP contribution is -2.68. The summed E-state index contributed by atoms with van der Waals surface area (Å²) in [5.41, 5.74) is 0.784. The molecular weight excluding hydrogens is 462 g/mol. The third-order valence-electron chi connectivity index (χ3n) is 4.72. The summed E-state index contributed by atoms with van der Waals surface area (Å²) < 4.78 is 27.5. The summed E-state index contributed by atoms with van der Waals surface area (Å²) in [6.07, 6.45) is -3.25. The minimum atomic E-state index is -3.25. The number of H-pyrrole nitrogens is 3. The van der Waals surface area contributed by atoms with E-state index in [9.17, 15) is 23.2 Å². The van der Waals surface area contributed by atoms with Crippen molar-refractivity contribution in [2.75, 3.05) is 0 Å². The van der Waals surface area contributed by atoms with Crippen molar-refractivity contribution < 1.29 is 28.4 Å². The van der Waals surface area contributed by atoms with Crippen LogP contribution in [0.1, 0.15) is 41.2 Å². The third-order valence-corrected chi connectivity index (χ3v) is 4.72. The second-order valence-corrected chi connectivity index (χ2v) is 7.53. The summed E-state index contributed by atoms with van der Waals surface area (Å²) in [5, 5.41) is 21.5. The average Bonchev–Trinajstić information content (AvgIpc) is 3.03. The zero-order chi connectivity index (χ0) is 26.0. The zero-order valence-corrected chi connectivity index (χ0v) is 19.0. The molecule has 0 fully saturated rings. The van der Waals surface area contributed by atoms with Crippen LogP contribution in [0.4, 0.5) is 8.78 Å². The molecule has 0 aliphatic heterocycles. The Kier molecular flexibility index (Phi) is 9.20. The van der Waals surface area contributed by atoms with Crippen LogP contribution >= 0.6 is 0 Å². The Morgan fingerprint density at radius 2 is 1.69 bits per heavy atom. The minimum absolute atomic E-state index is 0.0327. The van der Waals surface area contributed by atoms with Gasteiger partial charge in [0.25, 0.3) is 18.2 Å². The van der Waals surface area contributed by atoms with Crippen LogP contribution in [0.3, 0.4) is 0 Å². The van der Waals surface area contributed by atoms with E-state index in [2.05, 4.69) is 44.4 Å². The normalized spacial score (nSPS) is 12.5. The Morgan fingerprint density at radius 3 is 2.29 bits per heavy atom. The quantitative estimate of drug-likeness (QED) is 0.187. The predicted octanol–water partition coefficient (Wildman–Crippen LogP) is 1.27. The molecule has 2 aromatic rings. The first-order chi connectivity index (χ1) is 16.6. The standard InChI is InChI=1S/C23H24F2N6O4/c1-14-8-13-18(29-31-28-14)7-5-4-6-16-9-11-17(12-10-16)20(33)26-19(21(34)30-35)23(3,22(24)25)27-15(2)32/h8-13,19,22,28-29,31,35H,1-3H3,(H,26,33)(H,27,32)(H,30,34). The van der Waals surface area contributed by atoms with E-state index in [1.807, 2.05) is 18.3 Å². The maximum Gasteiger partial charge on any atom is 0.268 e. The van der Waals surface area contributed by atoms with Crippen molar-refractivity contribution in [1.29, 1.82) is 0 Å². The minimum Gasteiger partial charge on any atom is -0.343 e. The van der Waals surface area contributed by atoms with Gasteiger partial charge in [-0.2, -0.15) is 0 Å². The molecule has 0 saturated carbocycles. The molecule has 3 amide bonds. The molecule has 10 nitrogen and oxygen atoms in total. The van der Waals surface area contributed by atoms with Gasteiger partial charge in [-0.25, -0.2) is 19.5 Å². The number of halogens is 2. The summed E-state index contributed by atoms with van der Waals surface area (Å²) in [4.78, 5) is 36.1. The summed E-state index contributed by atoms with van der Waals surface area (Å²) in [5.74, 6) is 7.90. The van der Waals surface area contributed by atoms with E-state index < -0.39 is 35.7 Å². The van der Waals surface area contributed by atoms with Crippen LogP contribution in [0.15, 0.2) is 36.4 Å². The molecule has 0 aliphatic rings. The fourth-order valence-electron chi connectivity index (χ4n) is 2.87. The Balaban J connectivity index is 2.18. The van der Waals surface area contributed by atoms with E-state index in [-0.39, 0.29) is 5.56 Å². The van der Waals surface area contributed by atoms with Crippen molar-refractivity contribution in [2.45, 2.75) is 38.8 Å². The number of aromatic nitrogens is 3. The number of benzene rings is 1. The lowest BCUT2D eigenvalue weighted by molar-refractivity contribution is -0.137. The Labute approximate surface area is 199 Å². The van der Waals surface area contributed by atoms with Gasteiger partial charge in [-0.05, 0) is 68.0 Å². The zero-order valence-electron chi connectivity index (χ0n) is 19.0. The van der Waals surface area contributed by atoms with E-state index in [4.69, 9.17) is 5.21 Å². The lowest BCUT2D eigenvalue weighted by atomic mass is 9.91. The molecule has 35 heavy (non-hydrogen) atoms. The number of amides is 3. The van der Waals surface area contributed by atoms with Crippen molar-refractivity contribution >= 4 is 17.7 Å². The molecule has 2 atom stereocenters. The van der Waals surface area contributed by atoms with Gasteiger partial charge in [0.1, 0.15) is 17.3 Å².